The summed E-state index contributed by atoms with van der Waals surface area (Å²) in [5.74, 6) is 0. The molecule has 7 rings (SSSR count). The summed E-state index contributed by atoms with van der Waals surface area (Å²) in [6, 6.07) is 41.4. The van der Waals surface area contributed by atoms with Crippen molar-refractivity contribution in [3.8, 4) is 11.4 Å². The molecule has 32 heavy (non-hydrogen) atoms. The minimum atomic E-state index is 1.18. The molecule has 2 aromatic heterocycles. The number of nitrogens with zero attached hydrogens (tertiary/aromatic N) is 2. The number of fused-ring (bicyclic) bond motifs is 6. The van der Waals surface area contributed by atoms with Gasteiger partial charge in [0.15, 0.2) is 0 Å². The van der Waals surface area contributed by atoms with Crippen LogP contribution in [0.15, 0.2) is 121 Å². The Hall–Kier alpha value is -4.30. The van der Waals surface area contributed by atoms with Crippen molar-refractivity contribution < 1.29 is 0 Å². The summed E-state index contributed by atoms with van der Waals surface area (Å²) in [5, 5.41) is 6.31. The van der Waals surface area contributed by atoms with Crippen molar-refractivity contribution in [2.45, 2.75) is 0 Å². The summed E-state index contributed by atoms with van der Waals surface area (Å²) >= 11 is 0. The van der Waals surface area contributed by atoms with Gasteiger partial charge in [0.1, 0.15) is 0 Å². The van der Waals surface area contributed by atoms with E-state index in [-0.39, 0.29) is 0 Å². The lowest BCUT2D eigenvalue weighted by molar-refractivity contribution is 1.12. The molecule has 0 saturated carbocycles. The first-order valence-electron chi connectivity index (χ1n) is 11.0. The van der Waals surface area contributed by atoms with Crippen molar-refractivity contribution in [3.05, 3.63) is 121 Å². The number of hydrogen-bond donors (Lipinski definition) is 0. The Balaban J connectivity index is 1.65. The van der Waals surface area contributed by atoms with E-state index in [9.17, 15) is 0 Å². The lowest BCUT2D eigenvalue weighted by Crippen LogP contribution is -1.97. The maximum Gasteiger partial charge on any atom is 0.0788 e. The summed E-state index contributed by atoms with van der Waals surface area (Å²) in [5.41, 5.74) is 6.06. The van der Waals surface area contributed by atoms with Crippen LogP contribution in [-0.2, 0) is 0 Å². The van der Waals surface area contributed by atoms with Gasteiger partial charge in [0, 0.05) is 33.7 Å². The molecular formula is C30H20N2. The Morgan fingerprint density at radius 3 is 2.09 bits per heavy atom. The molecule has 0 fully saturated rings. The van der Waals surface area contributed by atoms with Crippen LogP contribution in [0.2, 0.25) is 0 Å². The number of aromatic nitrogens is 2. The maximum atomic E-state index is 2.41. The molecule has 0 aliphatic carbocycles. The van der Waals surface area contributed by atoms with Gasteiger partial charge in [-0.1, -0.05) is 78.9 Å². The first kappa shape index (κ1) is 17.4. The highest BCUT2D eigenvalue weighted by atomic mass is 15.0. The predicted octanol–water partition coefficient (Wildman–Crippen LogP) is 7.88. The monoisotopic (exact) mass is 408 g/mol. The SMILES string of the molecule is c1ccc(-n2c3ccccc3c3ccc4ccn(-c5ccc6ccccc6c5)c4c32)cc1. The fraction of sp³-hybridized carbons (Fsp3) is 0. The lowest BCUT2D eigenvalue weighted by atomic mass is 10.1. The molecule has 0 aliphatic heterocycles. The van der Waals surface area contributed by atoms with E-state index in [0.717, 1.165) is 0 Å². The second-order valence-corrected chi connectivity index (χ2v) is 8.30. The average Bonchev–Trinajstić information content (AvgIpc) is 3.43. The predicted molar refractivity (Wildman–Crippen MR) is 135 cm³/mol. The molecule has 0 atom stereocenters. The highest BCUT2D eigenvalue weighted by Crippen LogP contribution is 2.37. The number of para-hydroxylation sites is 2. The molecule has 0 saturated heterocycles. The number of rotatable bonds is 2. The van der Waals surface area contributed by atoms with Crippen molar-refractivity contribution in [2.24, 2.45) is 0 Å². The van der Waals surface area contributed by atoms with Gasteiger partial charge < -0.3 is 9.13 Å². The second-order valence-electron chi connectivity index (χ2n) is 8.30. The van der Waals surface area contributed by atoms with Gasteiger partial charge in [-0.05, 0) is 47.2 Å². The summed E-state index contributed by atoms with van der Waals surface area (Å²) in [6.07, 6.45) is 2.20. The Labute approximate surface area is 185 Å². The lowest BCUT2D eigenvalue weighted by Gasteiger charge is -2.12. The first-order chi connectivity index (χ1) is 15.9. The van der Waals surface area contributed by atoms with Crippen LogP contribution in [0.25, 0.3) is 54.9 Å². The summed E-state index contributed by atoms with van der Waals surface area (Å²) < 4.78 is 4.74. The van der Waals surface area contributed by atoms with Gasteiger partial charge in [-0.25, -0.2) is 0 Å². The molecule has 7 aromatic rings. The third-order valence-corrected chi connectivity index (χ3v) is 6.51. The summed E-state index contributed by atoms with van der Waals surface area (Å²) in [4.78, 5) is 0. The maximum absolute atomic E-state index is 2.41. The van der Waals surface area contributed by atoms with Crippen molar-refractivity contribution in [2.75, 3.05) is 0 Å². The van der Waals surface area contributed by atoms with Crippen LogP contribution >= 0.6 is 0 Å². The summed E-state index contributed by atoms with van der Waals surface area (Å²) in [6.45, 7) is 0. The first-order valence-corrected chi connectivity index (χ1v) is 11.0. The third-order valence-electron chi connectivity index (χ3n) is 6.51. The van der Waals surface area contributed by atoms with E-state index < -0.39 is 0 Å². The van der Waals surface area contributed by atoms with Crippen molar-refractivity contribution in [3.63, 3.8) is 0 Å². The quantitative estimate of drug-likeness (QED) is 0.275. The Morgan fingerprint density at radius 1 is 0.438 bits per heavy atom. The molecule has 0 bridgehead atoms. The van der Waals surface area contributed by atoms with E-state index in [1.807, 2.05) is 0 Å². The minimum absolute atomic E-state index is 1.18. The fourth-order valence-electron chi connectivity index (χ4n) is 5.06. The molecule has 0 unspecified atom stereocenters. The van der Waals surface area contributed by atoms with Crippen LogP contribution < -0.4 is 0 Å². The molecular weight excluding hydrogens is 388 g/mol. The molecule has 0 N–H and O–H groups in total. The zero-order chi connectivity index (χ0) is 21.1. The van der Waals surface area contributed by atoms with E-state index in [0.29, 0.717) is 0 Å². The molecule has 2 nitrogen and oxygen atoms in total. The average molecular weight is 409 g/mol. The molecule has 0 radical (unpaired) electrons. The van der Waals surface area contributed by atoms with Gasteiger partial charge in [-0.15, -0.1) is 0 Å². The minimum Gasteiger partial charge on any atom is -0.315 e. The van der Waals surface area contributed by atoms with E-state index in [2.05, 4.69) is 131 Å². The van der Waals surface area contributed by atoms with E-state index >= 15 is 0 Å². The van der Waals surface area contributed by atoms with Crippen LogP contribution in [-0.4, -0.2) is 9.13 Å². The van der Waals surface area contributed by atoms with Crippen LogP contribution in [0.3, 0.4) is 0 Å². The molecule has 0 aliphatic rings. The van der Waals surface area contributed by atoms with E-state index in [1.165, 1.54) is 54.9 Å². The van der Waals surface area contributed by atoms with E-state index in [1.54, 1.807) is 0 Å². The molecule has 150 valence electrons. The normalized spacial score (nSPS) is 11.8. The number of benzene rings is 5. The topological polar surface area (TPSA) is 9.86 Å². The molecule has 0 amide bonds. The molecule has 0 spiro atoms. The third kappa shape index (κ3) is 2.41. The molecule has 2 heterocycles. The molecule has 5 aromatic carbocycles. The van der Waals surface area contributed by atoms with Crippen molar-refractivity contribution in [1.82, 2.24) is 9.13 Å². The number of hydrogen-bond acceptors (Lipinski definition) is 0. The van der Waals surface area contributed by atoms with Gasteiger partial charge in [0.25, 0.3) is 0 Å². The second kappa shape index (κ2) is 6.60. The van der Waals surface area contributed by atoms with Crippen LogP contribution in [0.1, 0.15) is 0 Å². The molecule has 2 heteroatoms. The zero-order valence-corrected chi connectivity index (χ0v) is 17.4. The zero-order valence-electron chi connectivity index (χ0n) is 17.4. The highest BCUT2D eigenvalue weighted by Gasteiger charge is 2.17. The largest absolute Gasteiger partial charge is 0.315 e. The van der Waals surface area contributed by atoms with Gasteiger partial charge in [-0.3, -0.25) is 0 Å². The van der Waals surface area contributed by atoms with Gasteiger partial charge in [0.2, 0.25) is 0 Å². The van der Waals surface area contributed by atoms with Crippen LogP contribution in [0.4, 0.5) is 0 Å². The van der Waals surface area contributed by atoms with Crippen molar-refractivity contribution >= 4 is 43.5 Å². The fourth-order valence-corrected chi connectivity index (χ4v) is 5.06. The summed E-state index contributed by atoms with van der Waals surface area (Å²) in [7, 11) is 0. The smallest absolute Gasteiger partial charge is 0.0788 e. The van der Waals surface area contributed by atoms with Gasteiger partial charge in [0.05, 0.1) is 16.6 Å². The Kier molecular flexibility index (Phi) is 3.58. The van der Waals surface area contributed by atoms with Gasteiger partial charge in [-0.2, -0.15) is 0 Å². The standard InChI is InChI=1S/C30H20N2/c1-2-10-24(11-3-1)32-28-13-7-6-12-26(28)27-17-15-22-18-19-31(29(22)30(27)32)25-16-14-21-8-4-5-9-23(21)20-25/h1-20H. The van der Waals surface area contributed by atoms with E-state index in [4.69, 9.17) is 0 Å². The van der Waals surface area contributed by atoms with Crippen molar-refractivity contribution in [1.29, 1.82) is 0 Å². The highest BCUT2D eigenvalue weighted by molar-refractivity contribution is 6.18. The van der Waals surface area contributed by atoms with Gasteiger partial charge >= 0.3 is 0 Å². The Morgan fingerprint density at radius 2 is 1.19 bits per heavy atom. The Bertz CT molecular complexity index is 1770. The van der Waals surface area contributed by atoms with Crippen LogP contribution in [0, 0.1) is 0 Å². The van der Waals surface area contributed by atoms with Crippen LogP contribution in [0.5, 0.6) is 0 Å².